The van der Waals surface area contributed by atoms with Crippen molar-refractivity contribution < 1.29 is 9.84 Å². The van der Waals surface area contributed by atoms with E-state index in [0.29, 0.717) is 12.7 Å². The van der Waals surface area contributed by atoms with E-state index < -0.39 is 0 Å². The Labute approximate surface area is 115 Å². The topological polar surface area (TPSA) is 44.7 Å². The van der Waals surface area contributed by atoms with Gasteiger partial charge in [0.25, 0.3) is 0 Å². The molecule has 1 fully saturated rings. The van der Waals surface area contributed by atoms with E-state index in [9.17, 15) is 0 Å². The molecule has 1 aromatic rings. The van der Waals surface area contributed by atoms with Gasteiger partial charge in [0.1, 0.15) is 0 Å². The number of ether oxygens (including phenoxy) is 1. The standard InChI is InChI=1S/C15H24N2O2/c1-16-12-13-2-4-14(5-3-13)17-8-6-15(7-9-17)19-11-10-18/h2-5,15-16,18H,6-12H2,1H3. The maximum Gasteiger partial charge on any atom is 0.0701 e. The van der Waals surface area contributed by atoms with Crippen LogP contribution in [0, 0.1) is 0 Å². The quantitative estimate of drug-likeness (QED) is 0.815. The highest BCUT2D eigenvalue weighted by Crippen LogP contribution is 2.21. The van der Waals surface area contributed by atoms with Crippen LogP contribution in [0.4, 0.5) is 5.69 Å². The number of nitrogens with one attached hydrogen (secondary N) is 1. The van der Waals surface area contributed by atoms with E-state index in [0.717, 1.165) is 32.5 Å². The first-order valence-corrected chi connectivity index (χ1v) is 7.04. The number of aliphatic hydroxyl groups excluding tert-OH is 1. The van der Waals surface area contributed by atoms with Gasteiger partial charge in [-0.25, -0.2) is 0 Å². The summed E-state index contributed by atoms with van der Waals surface area (Å²) in [7, 11) is 1.96. The van der Waals surface area contributed by atoms with Gasteiger partial charge in [-0.2, -0.15) is 0 Å². The molecule has 0 aliphatic carbocycles. The fraction of sp³-hybridized carbons (Fsp3) is 0.600. The van der Waals surface area contributed by atoms with E-state index in [2.05, 4.69) is 34.5 Å². The number of nitrogens with zero attached hydrogens (tertiary/aromatic N) is 1. The van der Waals surface area contributed by atoms with Gasteiger partial charge in [-0.05, 0) is 37.6 Å². The first kappa shape index (κ1) is 14.3. The molecule has 0 amide bonds. The molecule has 106 valence electrons. The molecule has 0 spiro atoms. The highest BCUT2D eigenvalue weighted by molar-refractivity contribution is 5.48. The summed E-state index contributed by atoms with van der Waals surface area (Å²) < 4.78 is 5.58. The van der Waals surface area contributed by atoms with Gasteiger partial charge in [-0.1, -0.05) is 12.1 Å². The Morgan fingerprint density at radius 3 is 2.53 bits per heavy atom. The van der Waals surface area contributed by atoms with Crippen molar-refractivity contribution in [3.63, 3.8) is 0 Å². The van der Waals surface area contributed by atoms with Crippen LogP contribution in [0.2, 0.25) is 0 Å². The van der Waals surface area contributed by atoms with Crippen LogP contribution >= 0.6 is 0 Å². The second-order valence-electron chi connectivity index (χ2n) is 4.98. The van der Waals surface area contributed by atoms with Gasteiger partial charge in [0.15, 0.2) is 0 Å². The number of hydrogen-bond donors (Lipinski definition) is 2. The number of anilines is 1. The summed E-state index contributed by atoms with van der Waals surface area (Å²) >= 11 is 0. The summed E-state index contributed by atoms with van der Waals surface area (Å²) in [5, 5.41) is 11.9. The van der Waals surface area contributed by atoms with E-state index in [4.69, 9.17) is 9.84 Å². The predicted octanol–water partition coefficient (Wildman–Crippen LogP) is 1.38. The minimum Gasteiger partial charge on any atom is -0.394 e. The molecule has 0 bridgehead atoms. The Bertz CT molecular complexity index is 359. The Morgan fingerprint density at radius 2 is 1.95 bits per heavy atom. The lowest BCUT2D eigenvalue weighted by atomic mass is 10.1. The van der Waals surface area contributed by atoms with Crippen LogP contribution in [0.15, 0.2) is 24.3 Å². The molecule has 0 unspecified atom stereocenters. The summed E-state index contributed by atoms with van der Waals surface area (Å²) in [5.41, 5.74) is 2.60. The number of piperidine rings is 1. The van der Waals surface area contributed by atoms with Crippen molar-refractivity contribution >= 4 is 5.69 Å². The molecule has 0 atom stereocenters. The van der Waals surface area contributed by atoms with Crippen molar-refractivity contribution in [2.24, 2.45) is 0 Å². The summed E-state index contributed by atoms with van der Waals surface area (Å²) in [5.74, 6) is 0. The fourth-order valence-electron chi connectivity index (χ4n) is 2.53. The van der Waals surface area contributed by atoms with Gasteiger partial charge < -0.3 is 20.1 Å². The first-order valence-electron chi connectivity index (χ1n) is 7.04. The summed E-state index contributed by atoms with van der Waals surface area (Å²) in [4.78, 5) is 2.40. The van der Waals surface area contributed by atoms with Crippen LogP contribution in [0.25, 0.3) is 0 Å². The van der Waals surface area contributed by atoms with Crippen molar-refractivity contribution in [3.05, 3.63) is 29.8 Å². The lowest BCUT2D eigenvalue weighted by molar-refractivity contribution is 0.0159. The third kappa shape index (κ3) is 4.20. The monoisotopic (exact) mass is 264 g/mol. The molecule has 2 N–H and O–H groups in total. The zero-order valence-electron chi connectivity index (χ0n) is 11.6. The molecular formula is C15H24N2O2. The molecule has 0 saturated carbocycles. The van der Waals surface area contributed by atoms with Gasteiger partial charge in [-0.3, -0.25) is 0 Å². The van der Waals surface area contributed by atoms with Crippen molar-refractivity contribution in [1.29, 1.82) is 0 Å². The molecule has 1 aromatic carbocycles. The number of aliphatic hydroxyl groups is 1. The van der Waals surface area contributed by atoms with Crippen molar-refractivity contribution in [1.82, 2.24) is 5.32 Å². The van der Waals surface area contributed by atoms with Gasteiger partial charge in [0.2, 0.25) is 0 Å². The Kier molecular flexibility index (Phi) is 5.63. The van der Waals surface area contributed by atoms with Crippen LogP contribution in [0.3, 0.4) is 0 Å². The van der Waals surface area contributed by atoms with Crippen LogP contribution in [0.5, 0.6) is 0 Å². The molecule has 4 nitrogen and oxygen atoms in total. The molecule has 1 heterocycles. The SMILES string of the molecule is CNCc1ccc(N2CCC(OCCO)CC2)cc1. The maximum absolute atomic E-state index is 8.76. The Hall–Kier alpha value is -1.10. The zero-order valence-corrected chi connectivity index (χ0v) is 11.6. The van der Waals surface area contributed by atoms with Crippen molar-refractivity contribution in [2.75, 3.05) is 38.3 Å². The Balaban J connectivity index is 1.83. The fourth-order valence-corrected chi connectivity index (χ4v) is 2.53. The van der Waals surface area contributed by atoms with Crippen molar-refractivity contribution in [3.8, 4) is 0 Å². The van der Waals surface area contributed by atoms with E-state index in [1.54, 1.807) is 0 Å². The second-order valence-corrected chi connectivity index (χ2v) is 4.98. The molecule has 2 rings (SSSR count). The summed E-state index contributed by atoms with van der Waals surface area (Å²) in [6.45, 7) is 3.55. The summed E-state index contributed by atoms with van der Waals surface area (Å²) in [6.07, 6.45) is 2.39. The normalized spacial score (nSPS) is 16.8. The van der Waals surface area contributed by atoms with Gasteiger partial charge in [0.05, 0.1) is 19.3 Å². The second kappa shape index (κ2) is 7.48. The molecule has 0 radical (unpaired) electrons. The molecule has 19 heavy (non-hydrogen) atoms. The van der Waals surface area contributed by atoms with Crippen LogP contribution in [-0.2, 0) is 11.3 Å². The number of hydrogen-bond acceptors (Lipinski definition) is 4. The third-order valence-electron chi connectivity index (χ3n) is 3.57. The highest BCUT2D eigenvalue weighted by atomic mass is 16.5. The minimum absolute atomic E-state index is 0.118. The lowest BCUT2D eigenvalue weighted by Crippen LogP contribution is -2.37. The van der Waals surface area contributed by atoms with Crippen LogP contribution in [0.1, 0.15) is 18.4 Å². The van der Waals surface area contributed by atoms with Crippen molar-refractivity contribution in [2.45, 2.75) is 25.5 Å². The smallest absolute Gasteiger partial charge is 0.0701 e. The zero-order chi connectivity index (χ0) is 13.5. The highest BCUT2D eigenvalue weighted by Gasteiger charge is 2.19. The van der Waals surface area contributed by atoms with E-state index >= 15 is 0 Å². The van der Waals surface area contributed by atoms with E-state index in [1.807, 2.05) is 7.05 Å². The van der Waals surface area contributed by atoms with Crippen LogP contribution in [-0.4, -0.2) is 44.6 Å². The molecule has 4 heteroatoms. The lowest BCUT2D eigenvalue weighted by Gasteiger charge is -2.33. The molecule has 1 saturated heterocycles. The van der Waals surface area contributed by atoms with Gasteiger partial charge >= 0.3 is 0 Å². The van der Waals surface area contributed by atoms with Crippen LogP contribution < -0.4 is 10.2 Å². The van der Waals surface area contributed by atoms with E-state index in [-0.39, 0.29) is 6.61 Å². The van der Waals surface area contributed by atoms with E-state index in [1.165, 1.54) is 11.3 Å². The van der Waals surface area contributed by atoms with Gasteiger partial charge in [0, 0.05) is 25.3 Å². The minimum atomic E-state index is 0.118. The largest absolute Gasteiger partial charge is 0.394 e. The van der Waals surface area contributed by atoms with Gasteiger partial charge in [-0.15, -0.1) is 0 Å². The average molecular weight is 264 g/mol. The molecular weight excluding hydrogens is 240 g/mol. The number of rotatable bonds is 6. The first-order chi connectivity index (χ1) is 9.33. The number of benzene rings is 1. The predicted molar refractivity (Wildman–Crippen MR) is 77.5 cm³/mol. The average Bonchev–Trinajstić information content (AvgIpc) is 2.47. The maximum atomic E-state index is 8.76. The summed E-state index contributed by atoms with van der Waals surface area (Å²) in [6, 6.07) is 8.75. The Morgan fingerprint density at radius 1 is 1.26 bits per heavy atom. The third-order valence-corrected chi connectivity index (χ3v) is 3.57. The molecule has 1 aliphatic rings. The molecule has 1 aliphatic heterocycles. The molecule has 0 aromatic heterocycles.